The molecule has 0 radical (unpaired) electrons. The second-order valence-corrected chi connectivity index (χ2v) is 10.7. The maximum atomic E-state index is 13.8. The van der Waals surface area contributed by atoms with Crippen LogP contribution in [0.2, 0.25) is 0 Å². The van der Waals surface area contributed by atoms with Crippen LogP contribution in [0.15, 0.2) is 65.7 Å². The minimum absolute atomic E-state index is 0.220. The summed E-state index contributed by atoms with van der Waals surface area (Å²) < 4.78 is 41.1. The molecule has 164 valence electrons. The third-order valence-corrected chi connectivity index (χ3v) is 7.21. The first-order valence-corrected chi connectivity index (χ1v) is 11.8. The van der Waals surface area contributed by atoms with Crippen LogP contribution in [0.3, 0.4) is 0 Å². The fourth-order valence-electron chi connectivity index (χ4n) is 3.64. The maximum absolute atomic E-state index is 13.8. The van der Waals surface area contributed by atoms with Crippen molar-refractivity contribution in [2.45, 2.75) is 50.5 Å². The van der Waals surface area contributed by atoms with Crippen molar-refractivity contribution in [2.24, 2.45) is 0 Å². The maximum Gasteiger partial charge on any atom is 0.243 e. The molecule has 0 fully saturated rings. The lowest BCUT2D eigenvalue weighted by Gasteiger charge is -2.35. The van der Waals surface area contributed by atoms with E-state index < -0.39 is 16.1 Å². The highest BCUT2D eigenvalue weighted by Gasteiger charge is 2.34. The third kappa shape index (κ3) is 4.96. The van der Waals surface area contributed by atoms with Crippen molar-refractivity contribution in [3.05, 3.63) is 71.9 Å². The fourth-order valence-corrected chi connectivity index (χ4v) is 5.23. The molecule has 0 aliphatic carbocycles. The van der Waals surface area contributed by atoms with Gasteiger partial charge in [-0.2, -0.15) is 4.31 Å². The van der Waals surface area contributed by atoms with E-state index in [2.05, 4.69) is 4.98 Å². The van der Waals surface area contributed by atoms with Crippen molar-refractivity contribution in [2.75, 3.05) is 13.2 Å². The van der Waals surface area contributed by atoms with Gasteiger partial charge in [0.25, 0.3) is 0 Å². The molecule has 1 aliphatic rings. The molecule has 31 heavy (non-hydrogen) atoms. The van der Waals surface area contributed by atoms with Gasteiger partial charge in [0, 0.05) is 18.1 Å². The van der Waals surface area contributed by atoms with Gasteiger partial charge in [0.1, 0.15) is 0 Å². The van der Waals surface area contributed by atoms with E-state index in [1.54, 1.807) is 24.4 Å². The van der Waals surface area contributed by atoms with Crippen molar-refractivity contribution in [1.82, 2.24) is 9.29 Å². The molecule has 1 aromatic heterocycles. The monoisotopic (exact) mass is 440 g/mol. The van der Waals surface area contributed by atoms with Gasteiger partial charge in [0.15, 0.2) is 0 Å². The lowest BCUT2D eigenvalue weighted by molar-refractivity contribution is -0.0459. The quantitative estimate of drug-likeness (QED) is 0.610. The minimum atomic E-state index is -3.82. The zero-order chi connectivity index (χ0) is 22.1. The van der Waals surface area contributed by atoms with Crippen LogP contribution in [0.5, 0.6) is 0 Å². The molecule has 2 aromatic carbocycles. The first-order valence-electron chi connectivity index (χ1n) is 10.4. The molecule has 1 atom stereocenters. The molecule has 1 aliphatic heterocycles. The van der Waals surface area contributed by atoms with Crippen LogP contribution in [0.1, 0.15) is 31.9 Å². The Morgan fingerprint density at radius 2 is 1.87 bits per heavy atom. The second kappa shape index (κ2) is 8.67. The molecular formula is C24H28N2O4S. The SMILES string of the molecule is CC(C)(C)OC[C@@H]1COCc2ccccc2CN1S(=O)(=O)c1ccc2cccnc2c1. The molecule has 2 heterocycles. The summed E-state index contributed by atoms with van der Waals surface area (Å²) >= 11 is 0. The van der Waals surface area contributed by atoms with Crippen LogP contribution < -0.4 is 0 Å². The largest absolute Gasteiger partial charge is 0.375 e. The number of nitrogens with zero attached hydrogens (tertiary/aromatic N) is 2. The van der Waals surface area contributed by atoms with Crippen LogP contribution in [0.25, 0.3) is 10.9 Å². The summed E-state index contributed by atoms with van der Waals surface area (Å²) in [6.45, 7) is 7.10. The van der Waals surface area contributed by atoms with Crippen LogP contribution in [-0.4, -0.2) is 42.6 Å². The highest BCUT2D eigenvalue weighted by atomic mass is 32.2. The average Bonchev–Trinajstić information content (AvgIpc) is 2.72. The molecule has 7 heteroatoms. The van der Waals surface area contributed by atoms with Gasteiger partial charge in [-0.25, -0.2) is 8.42 Å². The number of hydrogen-bond donors (Lipinski definition) is 0. The molecule has 0 unspecified atom stereocenters. The summed E-state index contributed by atoms with van der Waals surface area (Å²) in [5, 5.41) is 0.899. The van der Waals surface area contributed by atoms with E-state index >= 15 is 0 Å². The highest BCUT2D eigenvalue weighted by Crippen LogP contribution is 2.27. The van der Waals surface area contributed by atoms with Crippen molar-refractivity contribution >= 4 is 20.9 Å². The summed E-state index contributed by atoms with van der Waals surface area (Å²) in [7, 11) is -3.82. The third-order valence-electron chi connectivity index (χ3n) is 5.31. The number of rotatable bonds is 4. The van der Waals surface area contributed by atoms with Gasteiger partial charge in [-0.05, 0) is 50.1 Å². The topological polar surface area (TPSA) is 68.7 Å². The number of fused-ring (bicyclic) bond motifs is 2. The normalized spacial score (nSPS) is 18.4. The first kappa shape index (κ1) is 21.9. The summed E-state index contributed by atoms with van der Waals surface area (Å²) in [5.74, 6) is 0. The summed E-state index contributed by atoms with van der Waals surface area (Å²) in [6, 6.07) is 16.2. The van der Waals surface area contributed by atoms with E-state index in [-0.39, 0.29) is 30.3 Å². The molecule has 0 saturated carbocycles. The number of ether oxygens (including phenoxy) is 2. The van der Waals surface area contributed by atoms with Gasteiger partial charge < -0.3 is 9.47 Å². The van der Waals surface area contributed by atoms with Gasteiger partial charge >= 0.3 is 0 Å². The summed E-state index contributed by atoms with van der Waals surface area (Å²) in [6.07, 6.45) is 1.67. The van der Waals surface area contributed by atoms with E-state index in [1.807, 2.05) is 57.2 Å². The van der Waals surface area contributed by atoms with Gasteiger partial charge in [-0.1, -0.05) is 36.4 Å². The number of pyridine rings is 1. The molecule has 0 N–H and O–H groups in total. The smallest absolute Gasteiger partial charge is 0.243 e. The molecule has 0 spiro atoms. The number of hydrogen-bond acceptors (Lipinski definition) is 5. The van der Waals surface area contributed by atoms with E-state index in [9.17, 15) is 8.42 Å². The molecule has 0 amide bonds. The predicted molar refractivity (Wildman–Crippen MR) is 120 cm³/mol. The van der Waals surface area contributed by atoms with Gasteiger partial charge in [-0.15, -0.1) is 0 Å². The van der Waals surface area contributed by atoms with Gasteiger partial charge in [0.2, 0.25) is 10.0 Å². The first-order chi connectivity index (χ1) is 14.7. The Morgan fingerprint density at radius 3 is 2.65 bits per heavy atom. The minimum Gasteiger partial charge on any atom is -0.375 e. The lowest BCUT2D eigenvalue weighted by atomic mass is 10.1. The molecule has 0 bridgehead atoms. The van der Waals surface area contributed by atoms with E-state index in [0.717, 1.165) is 16.5 Å². The molecule has 4 rings (SSSR count). The molecule has 6 nitrogen and oxygen atoms in total. The highest BCUT2D eigenvalue weighted by molar-refractivity contribution is 7.89. The number of aromatic nitrogens is 1. The summed E-state index contributed by atoms with van der Waals surface area (Å²) in [4.78, 5) is 4.55. The average molecular weight is 441 g/mol. The predicted octanol–water partition coefficient (Wildman–Crippen LogP) is 4.14. The zero-order valence-electron chi connectivity index (χ0n) is 18.1. The van der Waals surface area contributed by atoms with Crippen molar-refractivity contribution in [3.8, 4) is 0 Å². The van der Waals surface area contributed by atoms with E-state index in [4.69, 9.17) is 9.47 Å². The molecule has 0 saturated heterocycles. The van der Waals surface area contributed by atoms with Crippen molar-refractivity contribution < 1.29 is 17.9 Å². The Kier molecular flexibility index (Phi) is 6.12. The Bertz CT molecular complexity index is 1170. The van der Waals surface area contributed by atoms with Crippen molar-refractivity contribution in [1.29, 1.82) is 0 Å². The number of sulfonamides is 1. The molecule has 3 aromatic rings. The standard InChI is InChI=1S/C24H28N2O4S/c1-24(2,3)30-17-21-16-29-15-20-8-5-4-7-19(20)14-26(21)31(27,28)22-11-10-18-9-6-12-25-23(18)13-22/h4-13,21H,14-17H2,1-3H3/t21-/m0/s1. The second-order valence-electron chi connectivity index (χ2n) is 8.77. The Balaban J connectivity index is 1.75. The fraction of sp³-hybridized carbons (Fsp3) is 0.375. The summed E-state index contributed by atoms with van der Waals surface area (Å²) in [5.41, 5.74) is 2.20. The van der Waals surface area contributed by atoms with Crippen LogP contribution >= 0.6 is 0 Å². The van der Waals surface area contributed by atoms with Crippen LogP contribution in [0.4, 0.5) is 0 Å². The lowest BCUT2D eigenvalue weighted by Crippen LogP contribution is -2.47. The van der Waals surface area contributed by atoms with Gasteiger partial charge in [0.05, 0.1) is 41.9 Å². The zero-order valence-corrected chi connectivity index (χ0v) is 18.9. The van der Waals surface area contributed by atoms with Crippen LogP contribution in [-0.2, 0) is 32.6 Å². The Hall–Kier alpha value is -2.32. The number of benzene rings is 2. The van der Waals surface area contributed by atoms with E-state index in [0.29, 0.717) is 12.1 Å². The Morgan fingerprint density at radius 1 is 1.10 bits per heavy atom. The van der Waals surface area contributed by atoms with E-state index in [1.165, 1.54) is 4.31 Å². The van der Waals surface area contributed by atoms with Crippen LogP contribution in [0, 0.1) is 0 Å². The van der Waals surface area contributed by atoms with Crippen molar-refractivity contribution in [3.63, 3.8) is 0 Å². The van der Waals surface area contributed by atoms with Gasteiger partial charge in [-0.3, -0.25) is 4.98 Å². The molecular weight excluding hydrogens is 412 g/mol. The Labute approximate surface area is 183 Å².